The molecule has 128 valence electrons. The van der Waals surface area contributed by atoms with Gasteiger partial charge in [0.25, 0.3) is 5.91 Å². The average Bonchev–Trinajstić information content (AvgIpc) is 2.86. The molecule has 0 saturated heterocycles. The van der Waals surface area contributed by atoms with E-state index < -0.39 is 0 Å². The number of rotatable bonds is 3. The van der Waals surface area contributed by atoms with Gasteiger partial charge in [-0.1, -0.05) is 17.7 Å². The van der Waals surface area contributed by atoms with Crippen molar-refractivity contribution in [3.8, 4) is 11.5 Å². The molecule has 7 heteroatoms. The average molecular weight is 469 g/mol. The topological polar surface area (TPSA) is 62.1 Å². The van der Waals surface area contributed by atoms with Crippen LogP contribution in [-0.2, 0) is 4.79 Å². The zero-order chi connectivity index (χ0) is 18.1. The zero-order valence-electron chi connectivity index (χ0n) is 13.5. The number of hydrogen-bond acceptors (Lipinski definition) is 4. The van der Waals surface area contributed by atoms with Crippen molar-refractivity contribution in [1.29, 1.82) is 0 Å². The monoisotopic (exact) mass is 468 g/mol. The number of aromatic hydroxyl groups is 1. The number of methoxy groups -OCH3 is 1. The molecule has 5 nitrogen and oxygen atoms in total. The van der Waals surface area contributed by atoms with Crippen LogP contribution < -0.4 is 9.75 Å². The summed E-state index contributed by atoms with van der Waals surface area (Å²) in [5.74, 6) is 0.196. The Morgan fingerprint density at radius 1 is 1.32 bits per heavy atom. The maximum atomic E-state index is 12.8. The number of benzene rings is 2. The van der Waals surface area contributed by atoms with Crippen LogP contribution in [0.15, 0.2) is 47.1 Å². The Balaban J connectivity index is 1.99. The van der Waals surface area contributed by atoms with Gasteiger partial charge in [-0.05, 0) is 71.5 Å². The molecule has 0 atom stereocenters. The van der Waals surface area contributed by atoms with Crippen LogP contribution in [0.2, 0.25) is 5.02 Å². The van der Waals surface area contributed by atoms with Crippen molar-refractivity contribution in [2.24, 2.45) is 5.10 Å². The van der Waals surface area contributed by atoms with Crippen molar-refractivity contribution >= 4 is 57.6 Å². The number of phenols is 1. The molecule has 3 rings (SSSR count). The van der Waals surface area contributed by atoms with Gasteiger partial charge in [0.05, 0.1) is 27.7 Å². The van der Waals surface area contributed by atoms with Crippen molar-refractivity contribution < 1.29 is 14.6 Å². The number of phenolic OH excluding ortho intramolecular Hbond substituents is 1. The van der Waals surface area contributed by atoms with E-state index in [9.17, 15) is 9.90 Å². The second-order valence-corrected chi connectivity index (χ2v) is 6.99. The highest BCUT2D eigenvalue weighted by atomic mass is 127. The summed E-state index contributed by atoms with van der Waals surface area (Å²) in [7, 11) is 1.48. The highest BCUT2D eigenvalue weighted by molar-refractivity contribution is 14.1. The molecule has 0 unspecified atom stereocenters. The van der Waals surface area contributed by atoms with Gasteiger partial charge in [-0.15, -0.1) is 0 Å². The van der Waals surface area contributed by atoms with E-state index in [1.54, 1.807) is 49.4 Å². The van der Waals surface area contributed by atoms with Crippen molar-refractivity contribution in [2.75, 3.05) is 12.1 Å². The molecule has 0 aromatic heterocycles. The molecular formula is C18H14ClIN2O3. The maximum absolute atomic E-state index is 12.8. The Morgan fingerprint density at radius 2 is 2.08 bits per heavy atom. The van der Waals surface area contributed by atoms with Crippen molar-refractivity contribution in [2.45, 2.75) is 6.92 Å². The largest absolute Gasteiger partial charge is 0.504 e. The third-order valence-electron chi connectivity index (χ3n) is 3.70. The van der Waals surface area contributed by atoms with Gasteiger partial charge in [-0.3, -0.25) is 4.79 Å². The number of anilines is 1. The maximum Gasteiger partial charge on any atom is 0.280 e. The first-order valence-electron chi connectivity index (χ1n) is 7.34. The summed E-state index contributed by atoms with van der Waals surface area (Å²) < 4.78 is 5.80. The molecule has 2 aromatic carbocycles. The van der Waals surface area contributed by atoms with E-state index in [1.807, 2.05) is 22.6 Å². The van der Waals surface area contributed by atoms with Crippen molar-refractivity contribution in [3.05, 3.63) is 56.1 Å². The first kappa shape index (κ1) is 17.8. The zero-order valence-corrected chi connectivity index (χ0v) is 16.4. The van der Waals surface area contributed by atoms with Crippen LogP contribution >= 0.6 is 34.2 Å². The molecule has 0 spiro atoms. The third kappa shape index (κ3) is 3.50. The lowest BCUT2D eigenvalue weighted by molar-refractivity contribution is -0.114. The van der Waals surface area contributed by atoms with E-state index in [1.165, 1.54) is 12.1 Å². The van der Waals surface area contributed by atoms with E-state index >= 15 is 0 Å². The number of nitrogens with zero attached hydrogens (tertiary/aromatic N) is 2. The lowest BCUT2D eigenvalue weighted by atomic mass is 10.1. The minimum Gasteiger partial charge on any atom is -0.504 e. The van der Waals surface area contributed by atoms with Crippen LogP contribution in [0.1, 0.15) is 12.5 Å². The Hall–Kier alpha value is -2.06. The van der Waals surface area contributed by atoms with Crippen LogP contribution in [0.3, 0.4) is 0 Å². The predicted molar refractivity (Wildman–Crippen MR) is 107 cm³/mol. The molecule has 0 bridgehead atoms. The van der Waals surface area contributed by atoms with E-state index in [-0.39, 0.29) is 11.7 Å². The van der Waals surface area contributed by atoms with Crippen LogP contribution in [-0.4, -0.2) is 23.8 Å². The van der Waals surface area contributed by atoms with E-state index in [0.717, 1.165) is 5.56 Å². The summed E-state index contributed by atoms with van der Waals surface area (Å²) in [5, 5.41) is 16.1. The van der Waals surface area contributed by atoms with Gasteiger partial charge < -0.3 is 9.84 Å². The van der Waals surface area contributed by atoms with Gasteiger partial charge in [-0.25, -0.2) is 0 Å². The second-order valence-electron chi connectivity index (χ2n) is 5.39. The first-order valence-corrected chi connectivity index (χ1v) is 8.80. The molecular weight excluding hydrogens is 455 g/mol. The van der Waals surface area contributed by atoms with Gasteiger partial charge in [-0.2, -0.15) is 10.1 Å². The van der Waals surface area contributed by atoms with Gasteiger partial charge >= 0.3 is 0 Å². The molecule has 1 heterocycles. The number of carbonyl (C=O) groups excluding carboxylic acids is 1. The van der Waals surface area contributed by atoms with Crippen LogP contribution in [0.25, 0.3) is 6.08 Å². The fraction of sp³-hybridized carbons (Fsp3) is 0.111. The number of hydrazone groups is 1. The molecule has 1 N–H and O–H groups in total. The Labute approximate surface area is 163 Å². The number of ether oxygens (including phenoxy) is 1. The summed E-state index contributed by atoms with van der Waals surface area (Å²) in [6, 6.07) is 10.4. The highest BCUT2D eigenvalue weighted by Gasteiger charge is 2.29. The number of hydrogen-bond donors (Lipinski definition) is 1. The Bertz CT molecular complexity index is 925. The molecule has 0 fully saturated rings. The minimum atomic E-state index is -0.234. The first-order chi connectivity index (χ1) is 11.9. The normalized spacial score (nSPS) is 15.7. The summed E-state index contributed by atoms with van der Waals surface area (Å²) in [6.45, 7) is 1.77. The van der Waals surface area contributed by atoms with Crippen LogP contribution in [0, 0.1) is 3.57 Å². The van der Waals surface area contributed by atoms with Crippen molar-refractivity contribution in [1.82, 2.24) is 0 Å². The van der Waals surface area contributed by atoms with Gasteiger partial charge in [0.15, 0.2) is 11.5 Å². The lowest BCUT2D eigenvalue weighted by Crippen LogP contribution is -2.21. The smallest absolute Gasteiger partial charge is 0.280 e. The quantitative estimate of drug-likeness (QED) is 0.534. The fourth-order valence-electron chi connectivity index (χ4n) is 2.47. The molecule has 1 amide bonds. The SMILES string of the molecule is COc1cc(/C=C2\C(=O)N(c3cccc(Cl)c3)N=C2C)cc(I)c1O. The van der Waals surface area contributed by atoms with Crippen molar-refractivity contribution in [3.63, 3.8) is 0 Å². The Kier molecular flexibility index (Phi) is 5.01. The summed E-state index contributed by atoms with van der Waals surface area (Å²) in [4.78, 5) is 12.8. The second kappa shape index (κ2) is 7.05. The van der Waals surface area contributed by atoms with E-state index in [0.29, 0.717) is 31.3 Å². The van der Waals surface area contributed by atoms with Gasteiger partial charge in [0, 0.05) is 5.02 Å². The van der Waals surface area contributed by atoms with Gasteiger partial charge in [0.2, 0.25) is 0 Å². The summed E-state index contributed by atoms with van der Waals surface area (Å²) in [6.07, 6.45) is 1.73. The minimum absolute atomic E-state index is 0.0777. The lowest BCUT2D eigenvalue weighted by Gasteiger charge is -2.12. The Morgan fingerprint density at radius 3 is 2.76 bits per heavy atom. The molecule has 0 radical (unpaired) electrons. The van der Waals surface area contributed by atoms with Crippen LogP contribution in [0.4, 0.5) is 5.69 Å². The molecule has 25 heavy (non-hydrogen) atoms. The summed E-state index contributed by atoms with van der Waals surface area (Å²) >= 11 is 8.01. The number of carbonyl (C=O) groups is 1. The molecule has 0 saturated carbocycles. The predicted octanol–water partition coefficient (Wildman–Crippen LogP) is 4.46. The number of amides is 1. The molecule has 2 aromatic rings. The molecule has 0 aliphatic carbocycles. The highest BCUT2D eigenvalue weighted by Crippen LogP contribution is 2.34. The summed E-state index contributed by atoms with van der Waals surface area (Å²) in [5.41, 5.74) is 2.43. The van der Waals surface area contributed by atoms with E-state index in [4.69, 9.17) is 16.3 Å². The van der Waals surface area contributed by atoms with E-state index in [2.05, 4.69) is 5.10 Å². The standard InChI is InChI=1S/C18H14ClIN2O3/c1-10-14(6-11-7-15(20)17(23)16(8-11)25-2)18(24)22(21-10)13-5-3-4-12(19)9-13/h3-9,23H,1-2H3/b14-6-. The van der Waals surface area contributed by atoms with Crippen LogP contribution in [0.5, 0.6) is 11.5 Å². The number of halogens is 2. The molecule has 1 aliphatic heterocycles. The third-order valence-corrected chi connectivity index (χ3v) is 4.75. The fourth-order valence-corrected chi connectivity index (χ4v) is 3.28. The van der Waals surface area contributed by atoms with Gasteiger partial charge in [0.1, 0.15) is 0 Å². The molecule has 1 aliphatic rings.